The third-order valence-electron chi connectivity index (χ3n) is 3.39. The van der Waals surface area contributed by atoms with E-state index < -0.39 is 0 Å². The van der Waals surface area contributed by atoms with Crippen molar-refractivity contribution in [3.63, 3.8) is 0 Å². The van der Waals surface area contributed by atoms with Crippen molar-refractivity contribution < 1.29 is 4.79 Å². The van der Waals surface area contributed by atoms with E-state index in [1.165, 1.54) is 0 Å². The molecule has 1 heterocycles. The van der Waals surface area contributed by atoms with E-state index in [0.29, 0.717) is 17.6 Å². The molecular weight excluding hydrogens is 262 g/mol. The van der Waals surface area contributed by atoms with Crippen LogP contribution < -0.4 is 10.6 Å². The third kappa shape index (κ3) is 4.20. The summed E-state index contributed by atoms with van der Waals surface area (Å²) < 4.78 is 0. The van der Waals surface area contributed by atoms with Gasteiger partial charge in [-0.3, -0.25) is 9.69 Å². The first-order valence-corrected chi connectivity index (χ1v) is 7.01. The lowest BCUT2D eigenvalue weighted by Gasteiger charge is -2.23. The van der Waals surface area contributed by atoms with Crippen molar-refractivity contribution in [2.75, 3.05) is 32.0 Å². The largest absolute Gasteiger partial charge is 0.325 e. The van der Waals surface area contributed by atoms with Gasteiger partial charge in [0, 0.05) is 23.3 Å². The monoisotopic (exact) mass is 281 g/mol. The molecule has 19 heavy (non-hydrogen) atoms. The molecular formula is C14H20ClN3O. The number of benzene rings is 1. The van der Waals surface area contributed by atoms with Crippen molar-refractivity contribution in [3.8, 4) is 0 Å². The summed E-state index contributed by atoms with van der Waals surface area (Å²) in [6.07, 6.45) is 2.32. The summed E-state index contributed by atoms with van der Waals surface area (Å²) in [7, 11) is 1.95. The number of rotatable bonds is 5. The summed E-state index contributed by atoms with van der Waals surface area (Å²) >= 11 is 5.89. The summed E-state index contributed by atoms with van der Waals surface area (Å²) in [6.45, 7) is 2.37. The maximum atomic E-state index is 12.0. The molecule has 1 unspecified atom stereocenters. The zero-order valence-electron chi connectivity index (χ0n) is 11.2. The van der Waals surface area contributed by atoms with Crippen LogP contribution in [-0.2, 0) is 4.79 Å². The van der Waals surface area contributed by atoms with Crippen molar-refractivity contribution in [3.05, 3.63) is 29.3 Å². The van der Waals surface area contributed by atoms with Gasteiger partial charge in [0.1, 0.15) is 0 Å². The number of anilines is 1. The van der Waals surface area contributed by atoms with Crippen molar-refractivity contribution in [1.29, 1.82) is 0 Å². The van der Waals surface area contributed by atoms with Crippen LogP contribution in [0.5, 0.6) is 0 Å². The fourth-order valence-corrected chi connectivity index (χ4v) is 2.71. The molecule has 0 saturated carbocycles. The Morgan fingerprint density at radius 1 is 1.53 bits per heavy atom. The second kappa shape index (κ2) is 6.89. The maximum absolute atomic E-state index is 12.0. The lowest BCUT2D eigenvalue weighted by molar-refractivity contribution is -0.117. The predicted molar refractivity (Wildman–Crippen MR) is 78.6 cm³/mol. The van der Waals surface area contributed by atoms with Gasteiger partial charge in [0.25, 0.3) is 0 Å². The fourth-order valence-electron chi connectivity index (χ4n) is 2.52. The molecule has 1 amide bonds. The number of amides is 1. The standard InChI is InChI=1S/C14H20ClN3O/c1-16-9-13-6-3-7-18(13)10-14(19)17-12-5-2-4-11(15)8-12/h2,4-5,8,13,16H,3,6-7,9-10H2,1H3,(H,17,19). The van der Waals surface area contributed by atoms with Gasteiger partial charge in [0.05, 0.1) is 6.54 Å². The molecule has 0 radical (unpaired) electrons. The van der Waals surface area contributed by atoms with E-state index >= 15 is 0 Å². The topological polar surface area (TPSA) is 44.4 Å². The van der Waals surface area contributed by atoms with Crippen molar-refractivity contribution in [2.24, 2.45) is 0 Å². The summed E-state index contributed by atoms with van der Waals surface area (Å²) in [4.78, 5) is 14.2. The van der Waals surface area contributed by atoms with Gasteiger partial charge in [-0.1, -0.05) is 17.7 Å². The Morgan fingerprint density at radius 2 is 2.37 bits per heavy atom. The minimum Gasteiger partial charge on any atom is -0.325 e. The van der Waals surface area contributed by atoms with Crippen LogP contribution in [0.3, 0.4) is 0 Å². The van der Waals surface area contributed by atoms with Crippen LogP contribution >= 0.6 is 11.6 Å². The molecule has 1 aromatic carbocycles. The predicted octanol–water partition coefficient (Wildman–Crippen LogP) is 1.96. The van der Waals surface area contributed by atoms with E-state index in [1.54, 1.807) is 12.1 Å². The van der Waals surface area contributed by atoms with Crippen LogP contribution in [0.25, 0.3) is 0 Å². The van der Waals surface area contributed by atoms with Crippen molar-refractivity contribution >= 4 is 23.2 Å². The second-order valence-electron chi connectivity index (χ2n) is 4.88. The van der Waals surface area contributed by atoms with Gasteiger partial charge in [-0.2, -0.15) is 0 Å². The number of hydrogen-bond acceptors (Lipinski definition) is 3. The Morgan fingerprint density at radius 3 is 3.11 bits per heavy atom. The average Bonchev–Trinajstić information content (AvgIpc) is 2.77. The molecule has 1 aliphatic rings. The number of nitrogens with zero attached hydrogens (tertiary/aromatic N) is 1. The Bertz CT molecular complexity index is 438. The number of hydrogen-bond donors (Lipinski definition) is 2. The zero-order chi connectivity index (χ0) is 13.7. The van der Waals surface area contributed by atoms with Gasteiger partial charge in [0.2, 0.25) is 5.91 Å². The summed E-state index contributed by atoms with van der Waals surface area (Å²) in [5, 5.41) is 6.70. The molecule has 1 atom stereocenters. The van der Waals surface area contributed by atoms with E-state index in [-0.39, 0.29) is 5.91 Å². The van der Waals surface area contributed by atoms with Crippen LogP contribution in [0.2, 0.25) is 5.02 Å². The van der Waals surface area contributed by atoms with Crippen LogP contribution in [-0.4, -0.2) is 43.5 Å². The molecule has 1 aromatic rings. The number of nitrogens with one attached hydrogen (secondary N) is 2. The smallest absolute Gasteiger partial charge is 0.238 e. The molecule has 5 heteroatoms. The lowest BCUT2D eigenvalue weighted by Crippen LogP contribution is -2.41. The van der Waals surface area contributed by atoms with E-state index in [9.17, 15) is 4.79 Å². The van der Waals surface area contributed by atoms with E-state index in [0.717, 1.165) is 31.6 Å². The first-order chi connectivity index (χ1) is 9.19. The number of carbonyl (C=O) groups is 1. The minimum absolute atomic E-state index is 0.0188. The molecule has 4 nitrogen and oxygen atoms in total. The molecule has 1 saturated heterocycles. The van der Waals surface area contributed by atoms with E-state index in [4.69, 9.17) is 11.6 Å². The summed E-state index contributed by atoms with van der Waals surface area (Å²) in [6, 6.07) is 7.70. The van der Waals surface area contributed by atoms with Gasteiger partial charge in [-0.15, -0.1) is 0 Å². The van der Waals surface area contributed by atoms with Gasteiger partial charge >= 0.3 is 0 Å². The Kier molecular flexibility index (Phi) is 5.19. The molecule has 2 N–H and O–H groups in total. The quantitative estimate of drug-likeness (QED) is 0.867. The molecule has 2 rings (SSSR count). The molecule has 1 fully saturated rings. The zero-order valence-corrected chi connectivity index (χ0v) is 11.9. The number of likely N-dealkylation sites (tertiary alicyclic amines) is 1. The van der Waals surface area contributed by atoms with Crippen molar-refractivity contribution in [1.82, 2.24) is 10.2 Å². The molecule has 0 aliphatic carbocycles. The Hall–Kier alpha value is -1.10. The molecule has 104 valence electrons. The fraction of sp³-hybridized carbons (Fsp3) is 0.500. The normalized spacial score (nSPS) is 19.6. The highest BCUT2D eigenvalue weighted by molar-refractivity contribution is 6.30. The summed E-state index contributed by atoms with van der Waals surface area (Å²) in [5.74, 6) is 0.0188. The van der Waals surface area contributed by atoms with Crippen LogP contribution in [0.15, 0.2) is 24.3 Å². The highest BCUT2D eigenvalue weighted by Crippen LogP contribution is 2.17. The summed E-state index contributed by atoms with van der Waals surface area (Å²) in [5.41, 5.74) is 0.752. The van der Waals surface area contributed by atoms with Crippen LogP contribution in [0.4, 0.5) is 5.69 Å². The van der Waals surface area contributed by atoms with Gasteiger partial charge in [-0.25, -0.2) is 0 Å². The van der Waals surface area contributed by atoms with Crippen LogP contribution in [0, 0.1) is 0 Å². The van der Waals surface area contributed by atoms with Crippen molar-refractivity contribution in [2.45, 2.75) is 18.9 Å². The first kappa shape index (κ1) is 14.3. The first-order valence-electron chi connectivity index (χ1n) is 6.63. The average molecular weight is 282 g/mol. The number of carbonyl (C=O) groups excluding carboxylic acids is 1. The highest BCUT2D eigenvalue weighted by atomic mass is 35.5. The van der Waals surface area contributed by atoms with E-state index in [2.05, 4.69) is 15.5 Å². The molecule has 0 bridgehead atoms. The molecule has 1 aliphatic heterocycles. The van der Waals surface area contributed by atoms with Gasteiger partial charge in [-0.05, 0) is 44.6 Å². The maximum Gasteiger partial charge on any atom is 0.238 e. The Balaban J connectivity index is 1.87. The number of likely N-dealkylation sites (N-methyl/N-ethyl adjacent to an activating group) is 1. The second-order valence-corrected chi connectivity index (χ2v) is 5.32. The minimum atomic E-state index is 0.0188. The number of halogens is 1. The van der Waals surface area contributed by atoms with E-state index in [1.807, 2.05) is 19.2 Å². The van der Waals surface area contributed by atoms with Gasteiger partial charge < -0.3 is 10.6 Å². The molecule has 0 aromatic heterocycles. The highest BCUT2D eigenvalue weighted by Gasteiger charge is 2.25. The molecule has 0 spiro atoms. The third-order valence-corrected chi connectivity index (χ3v) is 3.63. The van der Waals surface area contributed by atoms with Crippen LogP contribution in [0.1, 0.15) is 12.8 Å². The van der Waals surface area contributed by atoms with Gasteiger partial charge in [0.15, 0.2) is 0 Å². The lowest BCUT2D eigenvalue weighted by atomic mass is 10.2. The Labute approximate surface area is 119 Å². The SMILES string of the molecule is CNCC1CCCN1CC(=O)Nc1cccc(Cl)c1.